The zero-order chi connectivity index (χ0) is 11.8. The highest BCUT2D eigenvalue weighted by atomic mass is 15.2. The van der Waals surface area contributed by atoms with Crippen LogP contribution in [0.2, 0.25) is 0 Å². The monoisotopic (exact) mass is 233 g/mol. The van der Waals surface area contributed by atoms with Crippen LogP contribution in [0.4, 0.5) is 11.6 Å². The van der Waals surface area contributed by atoms with Gasteiger partial charge in [-0.15, -0.1) is 0 Å². The minimum Gasteiger partial charge on any atom is -0.383 e. The Morgan fingerprint density at radius 2 is 2.24 bits per heavy atom. The summed E-state index contributed by atoms with van der Waals surface area (Å²) >= 11 is 0. The lowest BCUT2D eigenvalue weighted by Gasteiger charge is -2.22. The lowest BCUT2D eigenvalue weighted by atomic mass is 10.1. The lowest BCUT2D eigenvalue weighted by Crippen LogP contribution is -2.34. The molecule has 2 atom stereocenters. The number of nitrogens with two attached hydrogens (primary N) is 1. The Morgan fingerprint density at radius 3 is 3.12 bits per heavy atom. The van der Waals surface area contributed by atoms with Gasteiger partial charge >= 0.3 is 0 Å². The average molecular weight is 233 g/mol. The maximum Gasteiger partial charge on any atom is 0.134 e. The quantitative estimate of drug-likeness (QED) is 0.798. The Hall–Kier alpha value is -1.36. The van der Waals surface area contributed by atoms with E-state index in [-0.39, 0.29) is 0 Å². The van der Waals surface area contributed by atoms with Gasteiger partial charge in [-0.3, -0.25) is 4.90 Å². The van der Waals surface area contributed by atoms with Gasteiger partial charge < -0.3 is 11.1 Å². The molecule has 0 bridgehead atoms. The first kappa shape index (κ1) is 10.8. The van der Waals surface area contributed by atoms with E-state index in [1.807, 2.05) is 6.92 Å². The van der Waals surface area contributed by atoms with Gasteiger partial charge in [-0.05, 0) is 32.7 Å². The number of nitrogens with zero attached hydrogens (tertiary/aromatic N) is 3. The smallest absolute Gasteiger partial charge is 0.134 e. The third-order valence-electron chi connectivity index (χ3n) is 4.05. The molecule has 1 aromatic heterocycles. The van der Waals surface area contributed by atoms with Crippen molar-refractivity contribution in [1.29, 1.82) is 0 Å². The third-order valence-corrected chi connectivity index (χ3v) is 4.05. The first-order chi connectivity index (χ1) is 8.25. The summed E-state index contributed by atoms with van der Waals surface area (Å²) < 4.78 is 0. The molecule has 0 saturated carbocycles. The summed E-state index contributed by atoms with van der Waals surface area (Å²) in [5, 5.41) is 3.55. The van der Waals surface area contributed by atoms with E-state index in [4.69, 9.17) is 5.73 Å². The highest BCUT2D eigenvalue weighted by Crippen LogP contribution is 2.30. The van der Waals surface area contributed by atoms with Gasteiger partial charge in [-0.25, -0.2) is 9.97 Å². The maximum atomic E-state index is 5.80. The zero-order valence-corrected chi connectivity index (χ0v) is 10.2. The van der Waals surface area contributed by atoms with Gasteiger partial charge in [0.1, 0.15) is 18.0 Å². The van der Waals surface area contributed by atoms with Crippen molar-refractivity contribution in [2.45, 2.75) is 38.3 Å². The summed E-state index contributed by atoms with van der Waals surface area (Å²) in [7, 11) is 0. The van der Waals surface area contributed by atoms with Gasteiger partial charge in [0.2, 0.25) is 0 Å². The van der Waals surface area contributed by atoms with E-state index in [2.05, 4.69) is 20.2 Å². The number of aromatic nitrogens is 2. The first-order valence-corrected chi connectivity index (χ1v) is 6.33. The van der Waals surface area contributed by atoms with Gasteiger partial charge in [0.15, 0.2) is 0 Å². The molecule has 17 heavy (non-hydrogen) atoms. The van der Waals surface area contributed by atoms with Crippen LogP contribution in [0.1, 0.15) is 24.8 Å². The van der Waals surface area contributed by atoms with E-state index in [1.54, 1.807) is 0 Å². The Bertz CT molecular complexity index is 419. The molecule has 2 aliphatic heterocycles. The number of hydrogen-bond acceptors (Lipinski definition) is 5. The molecule has 2 saturated heterocycles. The van der Waals surface area contributed by atoms with Crippen molar-refractivity contribution in [2.24, 2.45) is 0 Å². The number of hydrogen-bond donors (Lipinski definition) is 2. The van der Waals surface area contributed by atoms with Gasteiger partial charge in [0, 0.05) is 24.2 Å². The second-order valence-electron chi connectivity index (χ2n) is 5.02. The van der Waals surface area contributed by atoms with Crippen LogP contribution in [0.15, 0.2) is 6.33 Å². The standard InChI is InChI=1S/C12H19N5/c1-8-11(13)14-7-15-12(8)16-9-4-6-17-5-2-3-10(9)17/h7,9-10H,2-6H2,1H3,(H3,13,14,15,16). The van der Waals surface area contributed by atoms with E-state index in [1.165, 1.54) is 38.7 Å². The number of anilines is 2. The average Bonchev–Trinajstić information content (AvgIpc) is 2.89. The summed E-state index contributed by atoms with van der Waals surface area (Å²) in [6.45, 7) is 4.44. The van der Waals surface area contributed by atoms with Crippen molar-refractivity contribution in [3.63, 3.8) is 0 Å². The van der Waals surface area contributed by atoms with Crippen molar-refractivity contribution < 1.29 is 0 Å². The van der Waals surface area contributed by atoms with E-state index in [9.17, 15) is 0 Å². The van der Waals surface area contributed by atoms with Gasteiger partial charge in [0.25, 0.3) is 0 Å². The summed E-state index contributed by atoms with van der Waals surface area (Å²) in [6, 6.07) is 1.20. The Morgan fingerprint density at radius 1 is 1.35 bits per heavy atom. The first-order valence-electron chi connectivity index (χ1n) is 6.33. The predicted molar refractivity (Wildman–Crippen MR) is 67.8 cm³/mol. The largest absolute Gasteiger partial charge is 0.383 e. The van der Waals surface area contributed by atoms with Crippen molar-refractivity contribution >= 4 is 11.6 Å². The molecule has 0 aliphatic carbocycles. The molecular weight excluding hydrogens is 214 g/mol. The Kier molecular flexibility index (Phi) is 2.63. The SMILES string of the molecule is Cc1c(N)ncnc1NC1CCN2CCCC12. The van der Waals surface area contributed by atoms with E-state index >= 15 is 0 Å². The topological polar surface area (TPSA) is 67.1 Å². The summed E-state index contributed by atoms with van der Waals surface area (Å²) in [5.74, 6) is 1.47. The van der Waals surface area contributed by atoms with Crippen LogP contribution < -0.4 is 11.1 Å². The molecule has 3 N–H and O–H groups in total. The number of fused-ring (bicyclic) bond motifs is 1. The molecule has 5 heteroatoms. The fraction of sp³-hybridized carbons (Fsp3) is 0.667. The molecule has 3 rings (SSSR count). The maximum absolute atomic E-state index is 5.80. The van der Waals surface area contributed by atoms with E-state index in [0.29, 0.717) is 17.9 Å². The minimum atomic E-state index is 0.519. The molecule has 3 heterocycles. The summed E-state index contributed by atoms with van der Waals surface area (Å²) in [5.41, 5.74) is 6.76. The summed E-state index contributed by atoms with van der Waals surface area (Å²) in [6.07, 6.45) is 5.37. The van der Waals surface area contributed by atoms with Crippen LogP contribution in [0.3, 0.4) is 0 Å². The number of nitrogens with one attached hydrogen (secondary N) is 1. The lowest BCUT2D eigenvalue weighted by molar-refractivity contribution is 0.318. The van der Waals surface area contributed by atoms with E-state index in [0.717, 1.165) is 11.4 Å². The van der Waals surface area contributed by atoms with Crippen molar-refractivity contribution in [3.05, 3.63) is 11.9 Å². The van der Waals surface area contributed by atoms with Crippen LogP contribution in [0.5, 0.6) is 0 Å². The van der Waals surface area contributed by atoms with Crippen molar-refractivity contribution in [2.75, 3.05) is 24.1 Å². The molecule has 0 radical (unpaired) electrons. The predicted octanol–water partition coefficient (Wildman–Crippen LogP) is 1.02. The molecule has 2 fully saturated rings. The molecule has 2 aliphatic rings. The van der Waals surface area contributed by atoms with Crippen molar-refractivity contribution in [1.82, 2.24) is 14.9 Å². The molecule has 0 amide bonds. The number of nitrogen functional groups attached to an aromatic ring is 1. The van der Waals surface area contributed by atoms with Gasteiger partial charge in [0.05, 0.1) is 0 Å². The van der Waals surface area contributed by atoms with Gasteiger partial charge in [-0.2, -0.15) is 0 Å². The van der Waals surface area contributed by atoms with Gasteiger partial charge in [-0.1, -0.05) is 0 Å². The molecular formula is C12H19N5. The van der Waals surface area contributed by atoms with E-state index < -0.39 is 0 Å². The highest BCUT2D eigenvalue weighted by molar-refractivity contribution is 5.54. The zero-order valence-electron chi connectivity index (χ0n) is 10.2. The number of rotatable bonds is 2. The van der Waals surface area contributed by atoms with Crippen LogP contribution in [0, 0.1) is 6.92 Å². The molecule has 0 spiro atoms. The molecule has 1 aromatic rings. The van der Waals surface area contributed by atoms with Crippen LogP contribution >= 0.6 is 0 Å². The summed E-state index contributed by atoms with van der Waals surface area (Å²) in [4.78, 5) is 10.9. The minimum absolute atomic E-state index is 0.519. The normalized spacial score (nSPS) is 28.3. The second-order valence-corrected chi connectivity index (χ2v) is 5.02. The van der Waals surface area contributed by atoms with Crippen LogP contribution in [-0.2, 0) is 0 Å². The second kappa shape index (κ2) is 4.14. The Balaban J connectivity index is 1.76. The molecule has 2 unspecified atom stereocenters. The molecule has 0 aromatic carbocycles. The third kappa shape index (κ3) is 1.84. The molecule has 5 nitrogen and oxygen atoms in total. The molecule has 92 valence electrons. The fourth-order valence-electron chi connectivity index (χ4n) is 3.04. The fourth-order valence-corrected chi connectivity index (χ4v) is 3.04. The Labute approximate surface area is 101 Å². The highest BCUT2D eigenvalue weighted by Gasteiger charge is 2.37. The van der Waals surface area contributed by atoms with Crippen molar-refractivity contribution in [3.8, 4) is 0 Å². The van der Waals surface area contributed by atoms with Crippen LogP contribution in [-0.4, -0.2) is 40.0 Å². The van der Waals surface area contributed by atoms with Crippen LogP contribution in [0.25, 0.3) is 0 Å².